The first kappa shape index (κ1) is 14.0. The summed E-state index contributed by atoms with van der Waals surface area (Å²) in [6, 6.07) is 15.5. The molecule has 0 radical (unpaired) electrons. The topological polar surface area (TPSA) is 57.8 Å². The molecule has 3 rings (SSSR count). The number of benzene rings is 2. The number of halogens is 1. The minimum Gasteiger partial charge on any atom is -0.318 e. The number of carbonyl (C=O) groups is 1. The van der Waals surface area contributed by atoms with E-state index >= 15 is 0 Å². The van der Waals surface area contributed by atoms with Crippen LogP contribution in [0.5, 0.6) is 0 Å². The van der Waals surface area contributed by atoms with Gasteiger partial charge in [-0.25, -0.2) is 4.39 Å². The van der Waals surface area contributed by atoms with Gasteiger partial charge in [-0.3, -0.25) is 9.89 Å². The van der Waals surface area contributed by atoms with E-state index in [1.807, 2.05) is 31.2 Å². The Bertz CT molecular complexity index is 809. The van der Waals surface area contributed by atoms with Crippen LogP contribution in [0.2, 0.25) is 0 Å². The van der Waals surface area contributed by atoms with Gasteiger partial charge in [0, 0.05) is 5.56 Å². The minimum absolute atomic E-state index is 0.138. The second-order valence-corrected chi connectivity index (χ2v) is 4.97. The summed E-state index contributed by atoms with van der Waals surface area (Å²) in [6.45, 7) is 2.00. The second kappa shape index (κ2) is 5.81. The lowest BCUT2D eigenvalue weighted by Crippen LogP contribution is -2.13. The van der Waals surface area contributed by atoms with E-state index in [9.17, 15) is 9.18 Å². The SMILES string of the molecule is Cc1ccc(-c2cc(C(=O)Nc3ccccc3F)[nH]n2)cc1. The van der Waals surface area contributed by atoms with Crippen molar-refractivity contribution in [1.29, 1.82) is 0 Å². The zero-order chi connectivity index (χ0) is 15.5. The fraction of sp³-hybridized carbons (Fsp3) is 0.0588. The van der Waals surface area contributed by atoms with Crippen molar-refractivity contribution in [1.82, 2.24) is 10.2 Å². The summed E-state index contributed by atoms with van der Waals surface area (Å²) in [5.74, 6) is -0.912. The number of nitrogens with one attached hydrogen (secondary N) is 2. The minimum atomic E-state index is -0.478. The summed E-state index contributed by atoms with van der Waals surface area (Å²) in [7, 11) is 0. The average Bonchev–Trinajstić information content (AvgIpc) is 3.00. The molecule has 1 amide bonds. The molecular formula is C17H14FN3O. The van der Waals surface area contributed by atoms with Crippen molar-refractivity contribution in [3.8, 4) is 11.3 Å². The first-order valence-electron chi connectivity index (χ1n) is 6.82. The van der Waals surface area contributed by atoms with Gasteiger partial charge in [-0.1, -0.05) is 42.0 Å². The summed E-state index contributed by atoms with van der Waals surface area (Å²) in [6.07, 6.45) is 0. The molecule has 3 aromatic rings. The molecular weight excluding hydrogens is 281 g/mol. The van der Waals surface area contributed by atoms with Crippen molar-refractivity contribution in [2.75, 3.05) is 5.32 Å². The van der Waals surface area contributed by atoms with Crippen LogP contribution in [-0.2, 0) is 0 Å². The summed E-state index contributed by atoms with van der Waals surface area (Å²) in [4.78, 5) is 12.1. The summed E-state index contributed by atoms with van der Waals surface area (Å²) in [5.41, 5.74) is 3.14. The number of amides is 1. The molecule has 1 aromatic heterocycles. The molecule has 4 nitrogen and oxygen atoms in total. The summed E-state index contributed by atoms with van der Waals surface area (Å²) in [5, 5.41) is 9.31. The van der Waals surface area contributed by atoms with Gasteiger partial charge in [0.15, 0.2) is 0 Å². The largest absolute Gasteiger partial charge is 0.318 e. The highest BCUT2D eigenvalue weighted by Gasteiger charge is 2.12. The number of aromatic nitrogens is 2. The van der Waals surface area contributed by atoms with Crippen LogP contribution in [0.25, 0.3) is 11.3 Å². The smallest absolute Gasteiger partial charge is 0.273 e. The lowest BCUT2D eigenvalue weighted by molar-refractivity contribution is 0.102. The van der Waals surface area contributed by atoms with E-state index in [1.54, 1.807) is 18.2 Å². The third-order valence-electron chi connectivity index (χ3n) is 3.29. The number of H-pyrrole nitrogens is 1. The van der Waals surface area contributed by atoms with Crippen LogP contribution in [-0.4, -0.2) is 16.1 Å². The van der Waals surface area contributed by atoms with E-state index in [0.29, 0.717) is 5.69 Å². The fourth-order valence-corrected chi connectivity index (χ4v) is 2.06. The van der Waals surface area contributed by atoms with Crippen LogP contribution >= 0.6 is 0 Å². The van der Waals surface area contributed by atoms with Gasteiger partial charge in [0.05, 0.1) is 11.4 Å². The van der Waals surface area contributed by atoms with Crippen LogP contribution in [0.1, 0.15) is 16.1 Å². The van der Waals surface area contributed by atoms with E-state index in [1.165, 1.54) is 12.1 Å². The van der Waals surface area contributed by atoms with Gasteiger partial charge in [-0.15, -0.1) is 0 Å². The number of carbonyl (C=O) groups excluding carboxylic acids is 1. The first-order valence-corrected chi connectivity index (χ1v) is 6.82. The lowest BCUT2D eigenvalue weighted by atomic mass is 10.1. The maximum atomic E-state index is 13.5. The Hall–Kier alpha value is -2.95. The Morgan fingerprint density at radius 1 is 1.14 bits per heavy atom. The number of rotatable bonds is 3. The number of hydrogen-bond donors (Lipinski definition) is 2. The van der Waals surface area contributed by atoms with Gasteiger partial charge >= 0.3 is 0 Å². The van der Waals surface area contributed by atoms with Crippen LogP contribution in [0.4, 0.5) is 10.1 Å². The monoisotopic (exact) mass is 295 g/mol. The maximum Gasteiger partial charge on any atom is 0.273 e. The molecule has 0 atom stereocenters. The van der Waals surface area contributed by atoms with E-state index in [4.69, 9.17) is 0 Å². The van der Waals surface area contributed by atoms with E-state index in [2.05, 4.69) is 15.5 Å². The van der Waals surface area contributed by atoms with Crippen LogP contribution < -0.4 is 5.32 Å². The van der Waals surface area contributed by atoms with Gasteiger partial charge in [-0.05, 0) is 25.1 Å². The van der Waals surface area contributed by atoms with E-state index < -0.39 is 11.7 Å². The molecule has 22 heavy (non-hydrogen) atoms. The Balaban J connectivity index is 1.80. The Labute approximate surface area is 127 Å². The normalized spacial score (nSPS) is 10.5. The predicted molar refractivity (Wildman–Crippen MR) is 83.1 cm³/mol. The van der Waals surface area contributed by atoms with Crippen molar-refractivity contribution in [2.45, 2.75) is 6.92 Å². The van der Waals surface area contributed by atoms with Gasteiger partial charge in [-0.2, -0.15) is 5.10 Å². The molecule has 5 heteroatoms. The third-order valence-corrected chi connectivity index (χ3v) is 3.29. The molecule has 2 aromatic carbocycles. The van der Waals surface area contributed by atoms with E-state index in [-0.39, 0.29) is 11.4 Å². The lowest BCUT2D eigenvalue weighted by Gasteiger charge is -2.03. The average molecular weight is 295 g/mol. The zero-order valence-corrected chi connectivity index (χ0v) is 11.9. The first-order chi connectivity index (χ1) is 10.6. The van der Waals surface area contributed by atoms with Gasteiger partial charge in [0.1, 0.15) is 11.5 Å². The molecule has 0 aliphatic rings. The molecule has 0 saturated heterocycles. The van der Waals surface area contributed by atoms with Crippen molar-refractivity contribution in [3.05, 3.63) is 71.7 Å². The van der Waals surface area contributed by atoms with Crippen LogP contribution in [0, 0.1) is 12.7 Å². The second-order valence-electron chi connectivity index (χ2n) is 4.97. The number of para-hydroxylation sites is 1. The highest BCUT2D eigenvalue weighted by atomic mass is 19.1. The highest BCUT2D eigenvalue weighted by Crippen LogP contribution is 2.19. The number of hydrogen-bond acceptors (Lipinski definition) is 2. The molecule has 0 fully saturated rings. The molecule has 0 bridgehead atoms. The van der Waals surface area contributed by atoms with E-state index in [0.717, 1.165) is 11.1 Å². The third kappa shape index (κ3) is 2.88. The van der Waals surface area contributed by atoms with Gasteiger partial charge in [0.25, 0.3) is 5.91 Å². The van der Waals surface area contributed by atoms with Gasteiger partial charge < -0.3 is 5.32 Å². The standard InChI is InChI=1S/C17H14FN3O/c1-11-6-8-12(9-7-11)15-10-16(21-20-15)17(22)19-14-5-3-2-4-13(14)18/h2-10H,1H3,(H,19,22)(H,20,21). The quantitative estimate of drug-likeness (QED) is 0.772. The number of aryl methyl sites for hydroxylation is 1. The Morgan fingerprint density at radius 2 is 1.86 bits per heavy atom. The summed E-state index contributed by atoms with van der Waals surface area (Å²) >= 11 is 0. The molecule has 0 aliphatic heterocycles. The fourth-order valence-electron chi connectivity index (χ4n) is 2.06. The zero-order valence-electron chi connectivity index (χ0n) is 11.9. The molecule has 110 valence electrons. The van der Waals surface area contributed by atoms with Crippen molar-refractivity contribution < 1.29 is 9.18 Å². The van der Waals surface area contributed by atoms with Crippen molar-refractivity contribution in [3.63, 3.8) is 0 Å². The van der Waals surface area contributed by atoms with Crippen molar-refractivity contribution in [2.24, 2.45) is 0 Å². The molecule has 0 saturated carbocycles. The van der Waals surface area contributed by atoms with Crippen LogP contribution in [0.15, 0.2) is 54.6 Å². The predicted octanol–water partition coefficient (Wildman–Crippen LogP) is 3.78. The molecule has 1 heterocycles. The molecule has 0 unspecified atom stereocenters. The number of anilines is 1. The number of aromatic amines is 1. The number of nitrogens with zero attached hydrogens (tertiary/aromatic N) is 1. The van der Waals surface area contributed by atoms with Crippen molar-refractivity contribution >= 4 is 11.6 Å². The molecule has 0 spiro atoms. The Kier molecular flexibility index (Phi) is 3.70. The van der Waals surface area contributed by atoms with Crippen LogP contribution in [0.3, 0.4) is 0 Å². The Morgan fingerprint density at radius 3 is 2.59 bits per heavy atom. The maximum absolute atomic E-state index is 13.5. The molecule has 0 aliphatic carbocycles. The summed E-state index contributed by atoms with van der Waals surface area (Å²) < 4.78 is 13.5. The highest BCUT2D eigenvalue weighted by molar-refractivity contribution is 6.03. The molecule has 2 N–H and O–H groups in total. The van der Waals surface area contributed by atoms with Gasteiger partial charge in [0.2, 0.25) is 0 Å².